The molecule has 0 saturated heterocycles. The van der Waals surface area contributed by atoms with Gasteiger partial charge in [-0.15, -0.1) is 15.3 Å². The Bertz CT molecular complexity index is 564. The van der Waals surface area contributed by atoms with Gasteiger partial charge in [0.05, 0.1) is 12.6 Å². The second-order valence-corrected chi connectivity index (χ2v) is 3.94. The van der Waals surface area contributed by atoms with Gasteiger partial charge in [-0.3, -0.25) is 0 Å². The van der Waals surface area contributed by atoms with Gasteiger partial charge in [-0.05, 0) is 18.6 Å². The Morgan fingerprint density at radius 1 is 1.37 bits per heavy atom. The first-order chi connectivity index (χ1) is 8.95. The molecule has 2 heterocycles. The van der Waals surface area contributed by atoms with E-state index >= 15 is 0 Å². The molecule has 1 unspecified atom stereocenters. The van der Waals surface area contributed by atoms with E-state index in [4.69, 9.17) is 5.11 Å². The Kier molecular flexibility index (Phi) is 3.56. The molecule has 104 valence electrons. The van der Waals surface area contributed by atoms with Crippen LogP contribution in [0.25, 0.3) is 5.65 Å². The normalized spacial score (nSPS) is 13.7. The summed E-state index contributed by atoms with van der Waals surface area (Å²) < 4.78 is 38.6. The second-order valence-electron chi connectivity index (χ2n) is 3.94. The van der Waals surface area contributed by atoms with Gasteiger partial charge in [-0.25, -0.2) is 0 Å². The van der Waals surface area contributed by atoms with Crippen LogP contribution in [-0.4, -0.2) is 37.6 Å². The average molecular weight is 275 g/mol. The smallest absolute Gasteiger partial charge is 0.394 e. The van der Waals surface area contributed by atoms with Gasteiger partial charge >= 0.3 is 6.18 Å². The predicted octanol–water partition coefficient (Wildman–Crippen LogP) is 1.33. The van der Waals surface area contributed by atoms with Crippen molar-refractivity contribution in [2.24, 2.45) is 0 Å². The minimum Gasteiger partial charge on any atom is -0.394 e. The van der Waals surface area contributed by atoms with Gasteiger partial charge in [0, 0.05) is 0 Å². The molecule has 1 atom stereocenters. The fourth-order valence-electron chi connectivity index (χ4n) is 1.53. The number of hydrogen-bond donors (Lipinski definition) is 2. The standard InChI is InChI=1S/C10H12F3N5O/c1-2-6(5-19)14-7-3-4-8-15-16-9(10(11,12)13)18(8)17-7/h3-4,6,19H,2,5H2,1H3,(H,14,17). The monoisotopic (exact) mass is 275 g/mol. The third-order valence-corrected chi connectivity index (χ3v) is 2.58. The summed E-state index contributed by atoms with van der Waals surface area (Å²) in [7, 11) is 0. The second kappa shape index (κ2) is 5.00. The highest BCUT2D eigenvalue weighted by Gasteiger charge is 2.37. The van der Waals surface area contributed by atoms with E-state index in [9.17, 15) is 13.2 Å². The number of nitrogens with zero attached hydrogens (tertiary/aromatic N) is 4. The summed E-state index contributed by atoms with van der Waals surface area (Å²) in [6, 6.07) is 2.60. The maximum Gasteiger partial charge on any atom is 0.453 e. The lowest BCUT2D eigenvalue weighted by atomic mass is 10.2. The average Bonchev–Trinajstić information content (AvgIpc) is 2.78. The molecule has 9 heteroatoms. The van der Waals surface area contributed by atoms with Gasteiger partial charge in [0.15, 0.2) is 5.65 Å². The summed E-state index contributed by atoms with van der Waals surface area (Å²) in [6.45, 7) is 1.71. The molecule has 2 aromatic heterocycles. The Balaban J connectivity index is 2.38. The van der Waals surface area contributed by atoms with E-state index in [1.54, 1.807) is 0 Å². The van der Waals surface area contributed by atoms with Crippen LogP contribution < -0.4 is 5.32 Å². The first-order valence-corrected chi connectivity index (χ1v) is 5.62. The number of aromatic nitrogens is 4. The van der Waals surface area contributed by atoms with Crippen molar-refractivity contribution in [2.75, 3.05) is 11.9 Å². The van der Waals surface area contributed by atoms with Crippen molar-refractivity contribution in [1.82, 2.24) is 19.8 Å². The lowest BCUT2D eigenvalue weighted by Gasteiger charge is -2.14. The summed E-state index contributed by atoms with van der Waals surface area (Å²) in [5.41, 5.74) is 0.00919. The van der Waals surface area contributed by atoms with Crippen LogP contribution in [0.15, 0.2) is 12.1 Å². The molecule has 0 aliphatic carbocycles. The van der Waals surface area contributed by atoms with Gasteiger partial charge in [-0.2, -0.15) is 17.7 Å². The van der Waals surface area contributed by atoms with E-state index in [0.29, 0.717) is 10.9 Å². The molecule has 0 aliphatic rings. The van der Waals surface area contributed by atoms with Crippen molar-refractivity contribution in [2.45, 2.75) is 25.6 Å². The molecule has 0 saturated carbocycles. The summed E-state index contributed by atoms with van der Waals surface area (Å²) in [5.74, 6) is -0.957. The minimum atomic E-state index is -4.62. The summed E-state index contributed by atoms with van der Waals surface area (Å²) in [4.78, 5) is 0. The van der Waals surface area contributed by atoms with Gasteiger partial charge in [0.25, 0.3) is 5.82 Å². The van der Waals surface area contributed by atoms with Crippen molar-refractivity contribution in [3.63, 3.8) is 0 Å². The van der Waals surface area contributed by atoms with E-state index < -0.39 is 12.0 Å². The summed E-state index contributed by atoms with van der Waals surface area (Å²) in [5, 5.41) is 22.1. The van der Waals surface area contributed by atoms with E-state index in [1.807, 2.05) is 6.92 Å². The molecular formula is C10H12F3N5O. The van der Waals surface area contributed by atoms with Crippen LogP contribution in [0.3, 0.4) is 0 Å². The Labute approximate surface area is 106 Å². The van der Waals surface area contributed by atoms with Crippen LogP contribution in [0.1, 0.15) is 19.2 Å². The van der Waals surface area contributed by atoms with E-state index in [-0.39, 0.29) is 24.1 Å². The predicted molar refractivity (Wildman–Crippen MR) is 60.6 cm³/mol. The zero-order chi connectivity index (χ0) is 14.0. The van der Waals surface area contributed by atoms with Crippen LogP contribution in [0.4, 0.5) is 19.0 Å². The van der Waals surface area contributed by atoms with Crippen molar-refractivity contribution in [3.8, 4) is 0 Å². The lowest BCUT2D eigenvalue weighted by molar-refractivity contribution is -0.146. The fourth-order valence-corrected chi connectivity index (χ4v) is 1.53. The van der Waals surface area contributed by atoms with Gasteiger partial charge in [0.1, 0.15) is 5.82 Å². The fraction of sp³-hybridized carbons (Fsp3) is 0.500. The zero-order valence-electron chi connectivity index (χ0n) is 10.0. The number of aliphatic hydroxyl groups is 1. The number of anilines is 1. The van der Waals surface area contributed by atoms with Gasteiger partial charge in [-0.1, -0.05) is 6.92 Å². The molecule has 0 aliphatic heterocycles. The Morgan fingerprint density at radius 2 is 2.11 bits per heavy atom. The summed E-state index contributed by atoms with van der Waals surface area (Å²) in [6.07, 6.45) is -4.00. The first kappa shape index (κ1) is 13.5. The Hall–Kier alpha value is -1.90. The zero-order valence-corrected chi connectivity index (χ0v) is 10.0. The molecule has 2 rings (SSSR count). The quantitative estimate of drug-likeness (QED) is 0.880. The highest BCUT2D eigenvalue weighted by Crippen LogP contribution is 2.27. The van der Waals surface area contributed by atoms with Crippen LogP contribution in [0.5, 0.6) is 0 Å². The maximum absolute atomic E-state index is 12.7. The van der Waals surface area contributed by atoms with Crippen LogP contribution in [0.2, 0.25) is 0 Å². The van der Waals surface area contributed by atoms with Gasteiger partial charge < -0.3 is 10.4 Å². The highest BCUT2D eigenvalue weighted by molar-refractivity contribution is 5.44. The van der Waals surface area contributed by atoms with Crippen molar-refractivity contribution < 1.29 is 18.3 Å². The third-order valence-electron chi connectivity index (χ3n) is 2.58. The number of fused-ring (bicyclic) bond motifs is 1. The number of hydrogen-bond acceptors (Lipinski definition) is 5. The molecule has 0 radical (unpaired) electrons. The van der Waals surface area contributed by atoms with E-state index in [2.05, 4.69) is 20.6 Å². The molecule has 0 amide bonds. The number of halogens is 3. The van der Waals surface area contributed by atoms with Crippen molar-refractivity contribution in [3.05, 3.63) is 18.0 Å². The van der Waals surface area contributed by atoms with Crippen molar-refractivity contribution in [1.29, 1.82) is 0 Å². The highest BCUT2D eigenvalue weighted by atomic mass is 19.4. The molecule has 0 aromatic carbocycles. The first-order valence-electron chi connectivity index (χ1n) is 5.62. The van der Waals surface area contributed by atoms with Gasteiger partial charge in [0.2, 0.25) is 0 Å². The topological polar surface area (TPSA) is 75.3 Å². The number of aliphatic hydroxyl groups excluding tert-OH is 1. The molecule has 0 fully saturated rings. The lowest BCUT2D eigenvalue weighted by Crippen LogP contribution is -2.24. The number of nitrogens with one attached hydrogen (secondary N) is 1. The largest absolute Gasteiger partial charge is 0.453 e. The maximum atomic E-state index is 12.7. The molecular weight excluding hydrogens is 263 g/mol. The third kappa shape index (κ3) is 2.75. The van der Waals surface area contributed by atoms with E-state index in [1.165, 1.54) is 12.1 Å². The SMILES string of the molecule is CCC(CO)Nc1ccc2nnc(C(F)(F)F)n2n1. The molecule has 6 nitrogen and oxygen atoms in total. The van der Waals surface area contributed by atoms with Crippen LogP contribution in [0, 0.1) is 0 Å². The molecule has 0 spiro atoms. The van der Waals surface area contributed by atoms with Crippen LogP contribution >= 0.6 is 0 Å². The summed E-state index contributed by atoms with van der Waals surface area (Å²) >= 11 is 0. The number of rotatable bonds is 4. The molecule has 0 bridgehead atoms. The molecule has 19 heavy (non-hydrogen) atoms. The van der Waals surface area contributed by atoms with Crippen LogP contribution in [-0.2, 0) is 6.18 Å². The molecule has 2 N–H and O–H groups in total. The minimum absolute atomic E-state index is 0.00919. The van der Waals surface area contributed by atoms with Crippen molar-refractivity contribution >= 4 is 11.5 Å². The Morgan fingerprint density at radius 3 is 2.68 bits per heavy atom. The molecule has 2 aromatic rings. The number of alkyl halides is 3. The van der Waals surface area contributed by atoms with E-state index in [0.717, 1.165) is 0 Å².